The lowest BCUT2D eigenvalue weighted by atomic mass is 10.3. The Bertz CT molecular complexity index is 624. The molecule has 1 aliphatic heterocycles. The number of thiophene rings is 1. The highest BCUT2D eigenvalue weighted by Crippen LogP contribution is 2.31. The Balaban J connectivity index is 2.09. The molecular formula is C12H18BrN3O3S2. The second-order valence-electron chi connectivity index (χ2n) is 4.86. The molecule has 1 aliphatic rings. The summed E-state index contributed by atoms with van der Waals surface area (Å²) in [6.07, 6.45) is 0. The average molecular weight is 396 g/mol. The normalized spacial score (nSPS) is 16.5. The lowest BCUT2D eigenvalue weighted by Crippen LogP contribution is -2.49. The van der Waals surface area contributed by atoms with Gasteiger partial charge in [0.2, 0.25) is 15.9 Å². The van der Waals surface area contributed by atoms with Gasteiger partial charge >= 0.3 is 0 Å². The number of sulfonamides is 1. The van der Waals surface area contributed by atoms with Gasteiger partial charge in [0, 0.05) is 38.1 Å². The number of likely N-dealkylation sites (N-methyl/N-ethyl adjacent to an activating group) is 1. The fraction of sp³-hybridized carbons (Fsp3) is 0.583. The Morgan fingerprint density at radius 2 is 2.10 bits per heavy atom. The number of amides is 1. The minimum Gasteiger partial charge on any atom is -0.339 e. The van der Waals surface area contributed by atoms with Gasteiger partial charge in [-0.05, 0) is 28.9 Å². The number of piperazine rings is 1. The van der Waals surface area contributed by atoms with Crippen LogP contribution in [0.15, 0.2) is 14.7 Å². The highest BCUT2D eigenvalue weighted by atomic mass is 79.9. The number of aryl methyl sites for hydroxylation is 1. The van der Waals surface area contributed by atoms with Crippen molar-refractivity contribution in [1.29, 1.82) is 0 Å². The third-order valence-electron chi connectivity index (χ3n) is 3.36. The Hall–Kier alpha value is -0.480. The maximum atomic E-state index is 12.5. The van der Waals surface area contributed by atoms with Crippen molar-refractivity contribution >= 4 is 43.2 Å². The van der Waals surface area contributed by atoms with Crippen molar-refractivity contribution in [1.82, 2.24) is 14.5 Å². The summed E-state index contributed by atoms with van der Waals surface area (Å²) in [5.41, 5.74) is 0. The van der Waals surface area contributed by atoms with Crippen LogP contribution < -0.4 is 5.32 Å². The van der Waals surface area contributed by atoms with Crippen molar-refractivity contribution < 1.29 is 13.2 Å². The van der Waals surface area contributed by atoms with E-state index in [1.807, 2.05) is 0 Å². The Labute approximate surface area is 137 Å². The van der Waals surface area contributed by atoms with E-state index >= 15 is 0 Å². The van der Waals surface area contributed by atoms with Gasteiger partial charge in [-0.15, -0.1) is 11.3 Å². The number of halogens is 1. The molecule has 0 atom stereocenters. The maximum absolute atomic E-state index is 12.5. The fourth-order valence-corrected chi connectivity index (χ4v) is 5.64. The van der Waals surface area contributed by atoms with E-state index in [1.54, 1.807) is 17.9 Å². The lowest BCUT2D eigenvalue weighted by Gasteiger charge is -2.29. The molecule has 0 aliphatic carbocycles. The predicted octanol–water partition coefficient (Wildman–Crippen LogP) is 0.871. The summed E-state index contributed by atoms with van der Waals surface area (Å²) < 4.78 is 26.9. The number of nitrogens with zero attached hydrogens (tertiary/aromatic N) is 2. The van der Waals surface area contributed by atoms with E-state index < -0.39 is 10.0 Å². The van der Waals surface area contributed by atoms with Crippen LogP contribution >= 0.6 is 27.3 Å². The Morgan fingerprint density at radius 1 is 1.48 bits per heavy atom. The van der Waals surface area contributed by atoms with Crippen LogP contribution in [0.4, 0.5) is 0 Å². The molecule has 0 unspecified atom stereocenters. The Morgan fingerprint density at radius 3 is 2.62 bits per heavy atom. The van der Waals surface area contributed by atoms with Crippen LogP contribution in [0.5, 0.6) is 0 Å². The van der Waals surface area contributed by atoms with Crippen molar-refractivity contribution in [3.63, 3.8) is 0 Å². The molecule has 21 heavy (non-hydrogen) atoms. The van der Waals surface area contributed by atoms with Gasteiger partial charge in [0.15, 0.2) is 0 Å². The molecule has 2 heterocycles. The van der Waals surface area contributed by atoms with E-state index in [9.17, 15) is 13.2 Å². The summed E-state index contributed by atoms with van der Waals surface area (Å²) in [5.74, 6) is -0.158. The van der Waals surface area contributed by atoms with E-state index in [4.69, 9.17) is 0 Å². The van der Waals surface area contributed by atoms with Gasteiger partial charge in [-0.1, -0.05) is 0 Å². The quantitative estimate of drug-likeness (QED) is 0.820. The number of carbonyl (C=O) groups excluding carboxylic acids is 1. The average Bonchev–Trinajstić information content (AvgIpc) is 2.79. The van der Waals surface area contributed by atoms with E-state index in [2.05, 4.69) is 21.2 Å². The zero-order valence-electron chi connectivity index (χ0n) is 11.9. The van der Waals surface area contributed by atoms with Crippen LogP contribution in [0.2, 0.25) is 0 Å². The summed E-state index contributed by atoms with van der Waals surface area (Å²) >= 11 is 4.66. The summed E-state index contributed by atoms with van der Waals surface area (Å²) in [6.45, 7) is 4.37. The molecule has 118 valence electrons. The van der Waals surface area contributed by atoms with Crippen molar-refractivity contribution in [3.8, 4) is 0 Å². The number of hydrogen-bond donors (Lipinski definition) is 1. The molecule has 0 aromatic carbocycles. The maximum Gasteiger partial charge on any atom is 0.244 e. The van der Waals surface area contributed by atoms with Gasteiger partial charge < -0.3 is 10.2 Å². The van der Waals surface area contributed by atoms with Crippen molar-refractivity contribution in [2.75, 3.05) is 39.8 Å². The summed E-state index contributed by atoms with van der Waals surface area (Å²) in [4.78, 5) is 14.8. The van der Waals surface area contributed by atoms with Crippen LogP contribution in [0.1, 0.15) is 4.88 Å². The SMILES string of the molecule is Cc1sc(Br)cc1S(=O)(=O)N(C)CC(=O)N1CCNCC1. The number of nitrogens with one attached hydrogen (secondary N) is 1. The van der Waals surface area contributed by atoms with Crippen LogP contribution in [0.3, 0.4) is 0 Å². The summed E-state index contributed by atoms with van der Waals surface area (Å²) in [6, 6.07) is 1.58. The third-order valence-corrected chi connectivity index (χ3v) is 6.97. The first-order valence-corrected chi connectivity index (χ1v) is 9.58. The summed E-state index contributed by atoms with van der Waals surface area (Å²) in [5, 5.41) is 3.16. The molecule has 1 fully saturated rings. The van der Waals surface area contributed by atoms with Crippen molar-refractivity contribution in [2.24, 2.45) is 0 Å². The van der Waals surface area contributed by atoms with Gasteiger partial charge in [0.1, 0.15) is 0 Å². The number of carbonyl (C=O) groups is 1. The van der Waals surface area contributed by atoms with Crippen molar-refractivity contribution in [2.45, 2.75) is 11.8 Å². The van der Waals surface area contributed by atoms with E-state index in [0.717, 1.165) is 21.2 Å². The van der Waals surface area contributed by atoms with E-state index in [1.165, 1.54) is 18.4 Å². The molecule has 1 amide bonds. The van der Waals surface area contributed by atoms with Crippen LogP contribution in [-0.4, -0.2) is 63.3 Å². The Kier molecular flexibility index (Phi) is 5.42. The highest BCUT2D eigenvalue weighted by Gasteiger charge is 2.28. The standard InChI is InChI=1S/C12H18BrN3O3S2/c1-9-10(7-11(13)20-9)21(18,19)15(2)8-12(17)16-5-3-14-4-6-16/h7,14H,3-6,8H2,1-2H3. The lowest BCUT2D eigenvalue weighted by molar-refractivity contribution is -0.131. The van der Waals surface area contributed by atoms with Crippen molar-refractivity contribution in [3.05, 3.63) is 14.7 Å². The van der Waals surface area contributed by atoms with Gasteiger partial charge in [0.25, 0.3) is 0 Å². The molecule has 9 heteroatoms. The second kappa shape index (κ2) is 6.74. The molecule has 1 saturated heterocycles. The van der Waals surface area contributed by atoms with Gasteiger partial charge in [-0.3, -0.25) is 4.79 Å². The molecular weight excluding hydrogens is 378 g/mol. The third kappa shape index (κ3) is 3.84. The summed E-state index contributed by atoms with van der Waals surface area (Å²) in [7, 11) is -2.19. The molecule has 1 N–H and O–H groups in total. The van der Waals surface area contributed by atoms with E-state index in [-0.39, 0.29) is 17.3 Å². The van der Waals surface area contributed by atoms with E-state index in [0.29, 0.717) is 18.0 Å². The zero-order valence-corrected chi connectivity index (χ0v) is 15.1. The van der Waals surface area contributed by atoms with Gasteiger partial charge in [-0.25, -0.2) is 8.42 Å². The molecule has 0 bridgehead atoms. The topological polar surface area (TPSA) is 69.7 Å². The largest absolute Gasteiger partial charge is 0.339 e. The molecule has 0 spiro atoms. The van der Waals surface area contributed by atoms with Crippen LogP contribution in [0, 0.1) is 6.92 Å². The number of rotatable bonds is 4. The van der Waals surface area contributed by atoms with Crippen LogP contribution in [0.25, 0.3) is 0 Å². The minimum absolute atomic E-state index is 0.130. The van der Waals surface area contributed by atoms with Gasteiger partial charge in [0.05, 0.1) is 15.2 Å². The van der Waals surface area contributed by atoms with Crippen LogP contribution in [-0.2, 0) is 14.8 Å². The predicted molar refractivity (Wildman–Crippen MR) is 86.0 cm³/mol. The first-order chi connectivity index (χ1) is 9.82. The first-order valence-electron chi connectivity index (χ1n) is 6.53. The molecule has 6 nitrogen and oxygen atoms in total. The molecule has 0 saturated carbocycles. The molecule has 0 radical (unpaired) electrons. The monoisotopic (exact) mass is 395 g/mol. The van der Waals surface area contributed by atoms with Gasteiger partial charge in [-0.2, -0.15) is 4.31 Å². The minimum atomic E-state index is -3.63. The second-order valence-corrected chi connectivity index (χ2v) is 9.51. The fourth-order valence-electron chi connectivity index (χ4n) is 2.14. The molecule has 2 rings (SSSR count). The smallest absolute Gasteiger partial charge is 0.244 e. The highest BCUT2D eigenvalue weighted by molar-refractivity contribution is 9.11. The number of hydrogen-bond acceptors (Lipinski definition) is 5. The zero-order chi connectivity index (χ0) is 15.6. The molecule has 1 aromatic rings. The molecule has 1 aromatic heterocycles. The first kappa shape index (κ1) is 16.9.